The van der Waals surface area contributed by atoms with Gasteiger partial charge in [-0.25, -0.2) is 8.78 Å². The van der Waals surface area contributed by atoms with Gasteiger partial charge in [-0.05, 0) is 42.5 Å². The van der Waals surface area contributed by atoms with Gasteiger partial charge in [-0.3, -0.25) is 0 Å². The number of hydrogen-bond donors (Lipinski definition) is 2. The van der Waals surface area contributed by atoms with E-state index in [1.807, 2.05) is 0 Å². The molecule has 0 aliphatic heterocycles. The van der Waals surface area contributed by atoms with E-state index >= 15 is 0 Å². The molecule has 0 saturated heterocycles. The summed E-state index contributed by atoms with van der Waals surface area (Å²) in [5.74, 6) is -1.33. The molecule has 0 aliphatic carbocycles. The molecule has 110 valence electrons. The Hall–Kier alpha value is -1.92. The molecule has 21 heavy (non-hydrogen) atoms. The molecule has 0 aliphatic rings. The largest absolute Gasteiger partial charge is 0.495 e. The molecule has 0 atom stereocenters. The summed E-state index contributed by atoms with van der Waals surface area (Å²) in [7, 11) is 1.51. The van der Waals surface area contributed by atoms with E-state index in [1.165, 1.54) is 13.2 Å². The summed E-state index contributed by atoms with van der Waals surface area (Å²) in [5.41, 5.74) is 0.887. The zero-order valence-electron chi connectivity index (χ0n) is 10.9. The number of rotatable bonds is 3. The van der Waals surface area contributed by atoms with Crippen molar-refractivity contribution >= 4 is 40.3 Å². The van der Waals surface area contributed by atoms with Crippen LogP contribution in [0.5, 0.6) is 5.75 Å². The third kappa shape index (κ3) is 4.03. The van der Waals surface area contributed by atoms with Crippen molar-refractivity contribution in [1.29, 1.82) is 0 Å². The first kappa shape index (κ1) is 15.5. The van der Waals surface area contributed by atoms with Crippen molar-refractivity contribution in [2.75, 3.05) is 17.7 Å². The molecule has 7 heteroatoms. The fourth-order valence-corrected chi connectivity index (χ4v) is 2.04. The lowest BCUT2D eigenvalue weighted by Gasteiger charge is -2.13. The minimum Gasteiger partial charge on any atom is -0.495 e. The predicted octanol–water partition coefficient (Wildman–Crippen LogP) is 4.44. The monoisotopic (exact) mass is 328 g/mol. The Balaban J connectivity index is 2.11. The molecular formula is C14H11ClF2N2OS. The minimum absolute atomic E-state index is 0.196. The van der Waals surface area contributed by atoms with Crippen LogP contribution in [0.4, 0.5) is 20.2 Å². The Bertz CT molecular complexity index is 682. The van der Waals surface area contributed by atoms with E-state index in [1.54, 1.807) is 18.2 Å². The van der Waals surface area contributed by atoms with Gasteiger partial charge in [0.15, 0.2) is 16.7 Å². The van der Waals surface area contributed by atoms with Gasteiger partial charge in [0.05, 0.1) is 12.8 Å². The standard InChI is InChI=1S/C14H11ClF2N2OS/c1-20-13-5-2-8(15)6-12(13)19-14(21)18-9-3-4-10(16)11(17)7-9/h2-7H,1H3,(H2,18,19,21). The normalized spacial score (nSPS) is 10.1. The molecular weight excluding hydrogens is 318 g/mol. The van der Waals surface area contributed by atoms with Crippen molar-refractivity contribution in [3.8, 4) is 5.75 Å². The molecule has 3 nitrogen and oxygen atoms in total. The van der Waals surface area contributed by atoms with Crippen LogP contribution in [0, 0.1) is 11.6 Å². The molecule has 2 aromatic carbocycles. The Morgan fingerprint density at radius 3 is 2.52 bits per heavy atom. The van der Waals surface area contributed by atoms with Crippen LogP contribution in [0.3, 0.4) is 0 Å². The van der Waals surface area contributed by atoms with E-state index in [-0.39, 0.29) is 5.11 Å². The molecule has 0 unspecified atom stereocenters. The second-order valence-electron chi connectivity index (χ2n) is 4.05. The summed E-state index contributed by atoms with van der Waals surface area (Å²) < 4.78 is 31.1. The molecule has 2 rings (SSSR count). The van der Waals surface area contributed by atoms with E-state index in [2.05, 4.69) is 10.6 Å². The van der Waals surface area contributed by atoms with Gasteiger partial charge in [0.25, 0.3) is 0 Å². The zero-order chi connectivity index (χ0) is 15.4. The van der Waals surface area contributed by atoms with Crippen molar-refractivity contribution in [1.82, 2.24) is 0 Å². The van der Waals surface area contributed by atoms with Gasteiger partial charge in [-0.15, -0.1) is 0 Å². The molecule has 0 saturated carbocycles. The predicted molar refractivity (Wildman–Crippen MR) is 84.2 cm³/mol. The van der Waals surface area contributed by atoms with Crippen LogP contribution < -0.4 is 15.4 Å². The van der Waals surface area contributed by atoms with Crippen LogP contribution in [-0.2, 0) is 0 Å². The van der Waals surface area contributed by atoms with E-state index in [9.17, 15) is 8.78 Å². The molecule has 2 aromatic rings. The number of benzene rings is 2. The second-order valence-corrected chi connectivity index (χ2v) is 4.90. The molecule has 0 bridgehead atoms. The molecule has 0 heterocycles. The highest BCUT2D eigenvalue weighted by Gasteiger charge is 2.07. The highest BCUT2D eigenvalue weighted by atomic mass is 35.5. The Morgan fingerprint density at radius 1 is 1.10 bits per heavy atom. The number of halogens is 3. The van der Waals surface area contributed by atoms with Crippen molar-refractivity contribution in [3.05, 3.63) is 53.1 Å². The summed E-state index contributed by atoms with van der Waals surface area (Å²) in [4.78, 5) is 0. The van der Waals surface area contributed by atoms with Crippen molar-refractivity contribution in [2.45, 2.75) is 0 Å². The van der Waals surface area contributed by atoms with Gasteiger partial charge in [-0.1, -0.05) is 11.6 Å². The Morgan fingerprint density at radius 2 is 1.86 bits per heavy atom. The smallest absolute Gasteiger partial charge is 0.175 e. The third-order valence-electron chi connectivity index (χ3n) is 2.59. The van der Waals surface area contributed by atoms with Crippen LogP contribution in [0.15, 0.2) is 36.4 Å². The summed E-state index contributed by atoms with van der Waals surface area (Å²) in [6.45, 7) is 0. The number of methoxy groups -OCH3 is 1. The molecule has 0 spiro atoms. The van der Waals surface area contributed by atoms with E-state index in [0.717, 1.165) is 12.1 Å². The fraction of sp³-hybridized carbons (Fsp3) is 0.0714. The highest BCUT2D eigenvalue weighted by Crippen LogP contribution is 2.27. The number of thiocarbonyl (C=S) groups is 1. The lowest BCUT2D eigenvalue weighted by molar-refractivity contribution is 0.417. The maximum atomic E-state index is 13.1. The minimum atomic E-state index is -0.955. The molecule has 0 amide bonds. The summed E-state index contributed by atoms with van der Waals surface area (Å²) >= 11 is 11.0. The molecule has 0 fully saturated rings. The van der Waals surface area contributed by atoms with Crippen LogP contribution in [0.25, 0.3) is 0 Å². The van der Waals surface area contributed by atoms with Crippen molar-refractivity contribution in [2.24, 2.45) is 0 Å². The van der Waals surface area contributed by atoms with Gasteiger partial charge < -0.3 is 15.4 Å². The molecule has 0 radical (unpaired) electrons. The number of nitrogens with one attached hydrogen (secondary N) is 2. The first-order valence-electron chi connectivity index (χ1n) is 5.86. The van der Waals surface area contributed by atoms with Crippen molar-refractivity contribution < 1.29 is 13.5 Å². The average molecular weight is 329 g/mol. The fourth-order valence-electron chi connectivity index (χ4n) is 1.64. The first-order chi connectivity index (χ1) is 9.99. The number of ether oxygens (including phenoxy) is 1. The van der Waals surface area contributed by atoms with Gasteiger partial charge >= 0.3 is 0 Å². The Labute approximate surface area is 130 Å². The zero-order valence-corrected chi connectivity index (χ0v) is 12.5. The average Bonchev–Trinajstić information content (AvgIpc) is 2.43. The van der Waals surface area contributed by atoms with E-state index in [0.29, 0.717) is 22.1 Å². The number of hydrogen-bond acceptors (Lipinski definition) is 2. The quantitative estimate of drug-likeness (QED) is 0.816. The third-order valence-corrected chi connectivity index (χ3v) is 3.03. The van der Waals surface area contributed by atoms with Crippen LogP contribution in [-0.4, -0.2) is 12.2 Å². The van der Waals surface area contributed by atoms with Gasteiger partial charge in [-0.2, -0.15) is 0 Å². The van der Waals surface area contributed by atoms with Crippen LogP contribution >= 0.6 is 23.8 Å². The van der Waals surface area contributed by atoms with E-state index in [4.69, 9.17) is 28.6 Å². The summed E-state index contributed by atoms with van der Waals surface area (Å²) in [5, 5.41) is 6.33. The highest BCUT2D eigenvalue weighted by molar-refractivity contribution is 7.80. The van der Waals surface area contributed by atoms with Crippen LogP contribution in [0.2, 0.25) is 5.02 Å². The lowest BCUT2D eigenvalue weighted by atomic mass is 10.3. The summed E-state index contributed by atoms with van der Waals surface area (Å²) in [6, 6.07) is 8.40. The van der Waals surface area contributed by atoms with Crippen molar-refractivity contribution in [3.63, 3.8) is 0 Å². The van der Waals surface area contributed by atoms with Gasteiger partial charge in [0, 0.05) is 16.8 Å². The Kier molecular flexibility index (Phi) is 4.93. The number of anilines is 2. The topological polar surface area (TPSA) is 33.3 Å². The molecule has 2 N–H and O–H groups in total. The van der Waals surface area contributed by atoms with Gasteiger partial charge in [0.2, 0.25) is 0 Å². The van der Waals surface area contributed by atoms with Gasteiger partial charge in [0.1, 0.15) is 5.75 Å². The maximum absolute atomic E-state index is 13.1. The second kappa shape index (κ2) is 6.69. The summed E-state index contributed by atoms with van der Waals surface area (Å²) in [6.07, 6.45) is 0. The molecule has 0 aromatic heterocycles. The maximum Gasteiger partial charge on any atom is 0.175 e. The van der Waals surface area contributed by atoms with Crippen LogP contribution in [0.1, 0.15) is 0 Å². The first-order valence-corrected chi connectivity index (χ1v) is 6.65. The lowest BCUT2D eigenvalue weighted by Crippen LogP contribution is -2.19. The SMILES string of the molecule is COc1ccc(Cl)cc1NC(=S)Nc1ccc(F)c(F)c1. The van der Waals surface area contributed by atoms with E-state index < -0.39 is 11.6 Å².